The highest BCUT2D eigenvalue weighted by molar-refractivity contribution is 7.98. The molecule has 0 spiro atoms. The number of hydrogen-bond acceptors (Lipinski definition) is 4. The molecule has 0 bridgehead atoms. The van der Waals surface area contributed by atoms with Gasteiger partial charge in [-0.15, -0.1) is 11.8 Å². The minimum Gasteiger partial charge on any atom is -0.391 e. The van der Waals surface area contributed by atoms with Crippen LogP contribution in [0.5, 0.6) is 0 Å². The summed E-state index contributed by atoms with van der Waals surface area (Å²) in [6, 6.07) is 26.6. The number of thioether (sulfide) groups is 1. The first kappa shape index (κ1) is 23.3. The zero-order valence-corrected chi connectivity index (χ0v) is 20.7. The van der Waals surface area contributed by atoms with Crippen molar-refractivity contribution in [1.29, 1.82) is 0 Å². The smallest absolute Gasteiger partial charge is 0.142 e. The van der Waals surface area contributed by atoms with E-state index in [4.69, 9.17) is 21.4 Å². The lowest BCUT2D eigenvalue weighted by molar-refractivity contribution is 0.132. The fourth-order valence-electron chi connectivity index (χ4n) is 3.36. The Bertz CT molecular complexity index is 1250. The fourth-order valence-corrected chi connectivity index (χ4v) is 4.42. The predicted octanol–water partition coefficient (Wildman–Crippen LogP) is 8.03. The number of rotatable bonds is 7. The Morgan fingerprint density at radius 2 is 1.64 bits per heavy atom. The highest BCUT2D eigenvalue weighted by Crippen LogP contribution is 2.27. The largest absolute Gasteiger partial charge is 0.391 e. The first-order chi connectivity index (χ1) is 15.9. The molecule has 0 saturated heterocycles. The number of hydrogen-bond donors (Lipinski definition) is 0. The third-order valence-corrected chi connectivity index (χ3v) is 6.65. The van der Waals surface area contributed by atoms with Crippen molar-refractivity contribution in [1.82, 2.24) is 4.98 Å². The predicted molar refractivity (Wildman–Crippen MR) is 140 cm³/mol. The van der Waals surface area contributed by atoms with Crippen LogP contribution in [0.1, 0.15) is 43.0 Å². The third kappa shape index (κ3) is 6.37. The van der Waals surface area contributed by atoms with Crippen LogP contribution in [0, 0.1) is 0 Å². The van der Waals surface area contributed by atoms with Gasteiger partial charge in [0.1, 0.15) is 11.6 Å². The van der Waals surface area contributed by atoms with Crippen LogP contribution >= 0.6 is 23.4 Å². The van der Waals surface area contributed by atoms with Crippen molar-refractivity contribution >= 4 is 40.5 Å². The maximum absolute atomic E-state index is 6.01. The average Bonchev–Trinajstić information content (AvgIpc) is 2.81. The van der Waals surface area contributed by atoms with Gasteiger partial charge in [-0.25, -0.2) is 4.98 Å². The quantitative estimate of drug-likeness (QED) is 0.154. The maximum Gasteiger partial charge on any atom is 0.142 e. The van der Waals surface area contributed by atoms with Gasteiger partial charge in [0.15, 0.2) is 0 Å². The topological polar surface area (TPSA) is 34.5 Å². The second kappa shape index (κ2) is 10.4. The standard InChI is InChI=1S/C28H27ClN2OS/c1-28(2,3)24-12-8-20(9-13-24)18-32-30-17-23-16-22-6-4-5-7-26(22)31-27(23)33-19-21-10-14-25(29)15-11-21/h4-17H,18-19H2,1-3H3/b30-17+. The van der Waals surface area contributed by atoms with E-state index in [0.29, 0.717) is 6.61 Å². The Hall–Kier alpha value is -2.82. The second-order valence-electron chi connectivity index (χ2n) is 8.95. The molecule has 1 aromatic heterocycles. The number of aromatic nitrogens is 1. The third-order valence-electron chi connectivity index (χ3n) is 5.32. The van der Waals surface area contributed by atoms with E-state index in [9.17, 15) is 0 Å². The van der Waals surface area contributed by atoms with E-state index < -0.39 is 0 Å². The minimum absolute atomic E-state index is 0.140. The lowest BCUT2D eigenvalue weighted by Crippen LogP contribution is -2.10. The molecule has 0 unspecified atom stereocenters. The molecule has 0 saturated carbocycles. The van der Waals surface area contributed by atoms with Crippen molar-refractivity contribution in [3.63, 3.8) is 0 Å². The number of pyridine rings is 1. The lowest BCUT2D eigenvalue weighted by atomic mass is 9.87. The molecule has 0 fully saturated rings. The first-order valence-electron chi connectivity index (χ1n) is 10.9. The second-order valence-corrected chi connectivity index (χ2v) is 10.3. The van der Waals surface area contributed by atoms with Crippen LogP contribution in [0.15, 0.2) is 89.0 Å². The lowest BCUT2D eigenvalue weighted by Gasteiger charge is -2.18. The number of halogens is 1. The molecule has 4 rings (SSSR count). The number of nitrogens with zero attached hydrogens (tertiary/aromatic N) is 2. The maximum atomic E-state index is 6.01. The summed E-state index contributed by atoms with van der Waals surface area (Å²) in [6.07, 6.45) is 1.76. The van der Waals surface area contributed by atoms with E-state index in [1.807, 2.05) is 42.5 Å². The molecule has 0 amide bonds. The molecule has 0 N–H and O–H groups in total. The van der Waals surface area contributed by atoms with Gasteiger partial charge in [-0.1, -0.05) is 92.1 Å². The van der Waals surface area contributed by atoms with E-state index >= 15 is 0 Å². The highest BCUT2D eigenvalue weighted by Gasteiger charge is 2.13. The summed E-state index contributed by atoms with van der Waals surface area (Å²) in [5, 5.41) is 6.99. The number of benzene rings is 3. The Morgan fingerprint density at radius 1 is 0.939 bits per heavy atom. The molecule has 168 valence electrons. The van der Waals surface area contributed by atoms with Crippen molar-refractivity contribution in [2.45, 2.75) is 43.6 Å². The van der Waals surface area contributed by atoms with Gasteiger partial charge in [-0.05, 0) is 46.4 Å². The van der Waals surface area contributed by atoms with Crippen molar-refractivity contribution in [3.8, 4) is 0 Å². The van der Waals surface area contributed by atoms with Crippen molar-refractivity contribution < 1.29 is 4.84 Å². The molecule has 5 heteroatoms. The molecule has 33 heavy (non-hydrogen) atoms. The minimum atomic E-state index is 0.140. The molecule has 0 atom stereocenters. The first-order valence-corrected chi connectivity index (χ1v) is 12.3. The summed E-state index contributed by atoms with van der Waals surface area (Å²) in [6.45, 7) is 7.06. The van der Waals surface area contributed by atoms with E-state index in [2.05, 4.69) is 62.3 Å². The number of oxime groups is 1. The zero-order valence-electron chi connectivity index (χ0n) is 19.1. The Kier molecular flexibility index (Phi) is 7.36. The van der Waals surface area contributed by atoms with Crippen molar-refractivity contribution in [2.24, 2.45) is 5.16 Å². The summed E-state index contributed by atoms with van der Waals surface area (Å²) in [5.41, 5.74) is 5.63. The van der Waals surface area contributed by atoms with Crippen LogP contribution in [0.3, 0.4) is 0 Å². The van der Waals surface area contributed by atoms with E-state index in [1.165, 1.54) is 11.1 Å². The summed E-state index contributed by atoms with van der Waals surface area (Å²) in [4.78, 5) is 10.5. The number of fused-ring (bicyclic) bond motifs is 1. The molecule has 3 aromatic carbocycles. The van der Waals surface area contributed by atoms with Gasteiger partial charge < -0.3 is 4.84 Å². The van der Waals surface area contributed by atoms with E-state index in [0.717, 1.165) is 37.8 Å². The van der Waals surface area contributed by atoms with Crippen LogP contribution in [-0.4, -0.2) is 11.2 Å². The molecule has 0 aliphatic carbocycles. The molecule has 3 nitrogen and oxygen atoms in total. The molecular weight excluding hydrogens is 448 g/mol. The van der Waals surface area contributed by atoms with Crippen LogP contribution in [0.25, 0.3) is 10.9 Å². The normalized spacial score (nSPS) is 11.9. The van der Waals surface area contributed by atoms with Gasteiger partial charge in [0.25, 0.3) is 0 Å². The van der Waals surface area contributed by atoms with Crippen LogP contribution < -0.4 is 0 Å². The van der Waals surface area contributed by atoms with Crippen LogP contribution in [-0.2, 0) is 22.6 Å². The Balaban J connectivity index is 1.47. The van der Waals surface area contributed by atoms with Gasteiger partial charge >= 0.3 is 0 Å². The van der Waals surface area contributed by atoms with Gasteiger partial charge in [0, 0.05) is 21.7 Å². The van der Waals surface area contributed by atoms with Crippen molar-refractivity contribution in [2.75, 3.05) is 0 Å². The Labute approximate surface area is 204 Å². The van der Waals surface area contributed by atoms with Crippen LogP contribution in [0.2, 0.25) is 5.02 Å². The summed E-state index contributed by atoms with van der Waals surface area (Å²) in [5.74, 6) is 0.796. The monoisotopic (exact) mass is 474 g/mol. The molecule has 1 heterocycles. The van der Waals surface area contributed by atoms with E-state index in [1.54, 1.807) is 18.0 Å². The SMILES string of the molecule is CC(C)(C)c1ccc(CO/N=C/c2cc3ccccc3nc2SCc2ccc(Cl)cc2)cc1. The van der Waals surface area contributed by atoms with Gasteiger partial charge in [-0.2, -0.15) is 0 Å². The summed E-state index contributed by atoms with van der Waals surface area (Å²) >= 11 is 7.69. The van der Waals surface area contributed by atoms with Gasteiger partial charge in [0.05, 0.1) is 11.7 Å². The van der Waals surface area contributed by atoms with Crippen LogP contribution in [0.4, 0.5) is 0 Å². The van der Waals surface area contributed by atoms with Crippen molar-refractivity contribution in [3.05, 3.63) is 106 Å². The molecule has 4 aromatic rings. The Morgan fingerprint density at radius 3 is 2.36 bits per heavy atom. The molecule has 0 aliphatic rings. The molecule has 0 radical (unpaired) electrons. The van der Waals surface area contributed by atoms with E-state index in [-0.39, 0.29) is 5.41 Å². The zero-order chi connectivity index (χ0) is 23.3. The highest BCUT2D eigenvalue weighted by atomic mass is 35.5. The fraction of sp³-hybridized carbons (Fsp3) is 0.214. The molecular formula is C28H27ClN2OS. The summed E-state index contributed by atoms with van der Waals surface area (Å²) < 4.78 is 0. The van der Waals surface area contributed by atoms with Gasteiger partial charge in [0.2, 0.25) is 0 Å². The average molecular weight is 475 g/mol. The molecule has 0 aliphatic heterocycles. The summed E-state index contributed by atoms with van der Waals surface area (Å²) in [7, 11) is 0. The van der Waals surface area contributed by atoms with Gasteiger partial charge in [-0.3, -0.25) is 0 Å². The number of para-hydroxylation sites is 1.